The molecule has 8 nitrogen and oxygen atoms in total. The van der Waals surface area contributed by atoms with Crippen LogP contribution in [0, 0.1) is 11.3 Å². The van der Waals surface area contributed by atoms with Gasteiger partial charge in [0.2, 0.25) is 5.91 Å². The molecule has 2 amide bonds. The second-order valence-corrected chi connectivity index (χ2v) is 5.95. The van der Waals surface area contributed by atoms with Crippen LogP contribution in [0.25, 0.3) is 0 Å². The van der Waals surface area contributed by atoms with Gasteiger partial charge in [-0.25, -0.2) is 4.79 Å². The maximum absolute atomic E-state index is 12.6. The van der Waals surface area contributed by atoms with E-state index in [2.05, 4.69) is 10.6 Å². The maximum Gasteiger partial charge on any atom is 0.336 e. The Hall–Kier alpha value is -3.86. The summed E-state index contributed by atoms with van der Waals surface area (Å²) in [6, 6.07) is 12.8. The SMILES string of the molecule is N#CCCNC(=O)C(Cc1ccc(O)cc1)NC(=O)c1ccccc1C(=O)O. The molecule has 1 atom stereocenters. The van der Waals surface area contributed by atoms with Crippen molar-refractivity contribution in [1.82, 2.24) is 10.6 Å². The number of benzene rings is 2. The fourth-order valence-corrected chi connectivity index (χ4v) is 2.55. The van der Waals surface area contributed by atoms with Gasteiger partial charge in [-0.2, -0.15) is 5.26 Å². The molecule has 144 valence electrons. The Labute approximate surface area is 161 Å². The summed E-state index contributed by atoms with van der Waals surface area (Å²) in [5.41, 5.74) is 0.453. The number of rotatable bonds is 8. The lowest BCUT2D eigenvalue weighted by Gasteiger charge is -2.19. The average molecular weight is 381 g/mol. The zero-order chi connectivity index (χ0) is 20.5. The number of nitriles is 1. The zero-order valence-electron chi connectivity index (χ0n) is 14.9. The van der Waals surface area contributed by atoms with E-state index in [1.54, 1.807) is 12.1 Å². The van der Waals surface area contributed by atoms with Crippen molar-refractivity contribution in [2.24, 2.45) is 0 Å². The highest BCUT2D eigenvalue weighted by atomic mass is 16.4. The standard InChI is InChI=1S/C20H19N3O5/c21-10-3-11-22-19(26)17(12-13-6-8-14(24)9-7-13)23-18(25)15-4-1-2-5-16(15)20(27)28/h1-2,4-9,17,24H,3,11-12H2,(H,22,26)(H,23,25)(H,27,28). The first-order valence-corrected chi connectivity index (χ1v) is 8.48. The average Bonchev–Trinajstić information content (AvgIpc) is 2.69. The van der Waals surface area contributed by atoms with Gasteiger partial charge in [0.25, 0.3) is 5.91 Å². The highest BCUT2D eigenvalue weighted by Gasteiger charge is 2.24. The van der Waals surface area contributed by atoms with Crippen molar-refractivity contribution in [2.45, 2.75) is 18.9 Å². The summed E-state index contributed by atoms with van der Waals surface area (Å²) in [5.74, 6) is -2.38. The summed E-state index contributed by atoms with van der Waals surface area (Å²) in [4.78, 5) is 36.4. The topological polar surface area (TPSA) is 140 Å². The molecule has 0 fully saturated rings. The molecule has 0 bridgehead atoms. The maximum atomic E-state index is 12.6. The van der Waals surface area contributed by atoms with Crippen LogP contribution < -0.4 is 10.6 Å². The molecule has 0 aliphatic carbocycles. The molecule has 2 aromatic carbocycles. The normalized spacial score (nSPS) is 11.1. The summed E-state index contributed by atoms with van der Waals surface area (Å²) in [6.07, 6.45) is 0.243. The molecule has 0 saturated heterocycles. The fraction of sp³-hybridized carbons (Fsp3) is 0.200. The number of carboxylic acids is 1. The molecule has 0 aromatic heterocycles. The van der Waals surface area contributed by atoms with E-state index in [1.165, 1.54) is 36.4 Å². The summed E-state index contributed by atoms with van der Waals surface area (Å²) in [7, 11) is 0. The number of phenolic OH excluding ortho intramolecular Hbond substituents is 1. The van der Waals surface area contributed by atoms with Gasteiger partial charge in [-0.3, -0.25) is 9.59 Å². The van der Waals surface area contributed by atoms with E-state index in [1.807, 2.05) is 6.07 Å². The molecule has 0 aliphatic heterocycles. The van der Waals surface area contributed by atoms with Crippen LogP contribution in [0.4, 0.5) is 0 Å². The van der Waals surface area contributed by atoms with E-state index in [4.69, 9.17) is 5.26 Å². The van der Waals surface area contributed by atoms with Gasteiger partial charge < -0.3 is 20.8 Å². The molecule has 8 heteroatoms. The number of carbonyl (C=O) groups is 3. The minimum Gasteiger partial charge on any atom is -0.508 e. The summed E-state index contributed by atoms with van der Waals surface area (Å²) < 4.78 is 0. The van der Waals surface area contributed by atoms with Crippen LogP contribution in [0.5, 0.6) is 5.75 Å². The Balaban J connectivity index is 2.22. The van der Waals surface area contributed by atoms with E-state index < -0.39 is 23.8 Å². The van der Waals surface area contributed by atoms with E-state index in [0.29, 0.717) is 5.56 Å². The zero-order valence-corrected chi connectivity index (χ0v) is 14.9. The van der Waals surface area contributed by atoms with Gasteiger partial charge in [0.05, 0.1) is 23.6 Å². The van der Waals surface area contributed by atoms with Crippen LogP contribution >= 0.6 is 0 Å². The number of nitrogens with one attached hydrogen (secondary N) is 2. The van der Waals surface area contributed by atoms with Gasteiger partial charge in [-0.15, -0.1) is 0 Å². The molecule has 2 rings (SSSR count). The molecule has 0 heterocycles. The molecule has 0 radical (unpaired) electrons. The number of nitrogens with zero attached hydrogens (tertiary/aromatic N) is 1. The van der Waals surface area contributed by atoms with E-state index >= 15 is 0 Å². The number of hydrogen-bond donors (Lipinski definition) is 4. The largest absolute Gasteiger partial charge is 0.508 e. The van der Waals surface area contributed by atoms with Crippen molar-refractivity contribution in [3.8, 4) is 11.8 Å². The van der Waals surface area contributed by atoms with Crippen LogP contribution in [0.3, 0.4) is 0 Å². The van der Waals surface area contributed by atoms with Gasteiger partial charge in [0.1, 0.15) is 11.8 Å². The van der Waals surface area contributed by atoms with Crippen molar-refractivity contribution < 1.29 is 24.6 Å². The molecule has 2 aromatic rings. The van der Waals surface area contributed by atoms with Crippen molar-refractivity contribution >= 4 is 17.8 Å². The van der Waals surface area contributed by atoms with Gasteiger partial charge >= 0.3 is 5.97 Å². The second kappa shape index (κ2) is 9.73. The Morgan fingerprint density at radius 3 is 2.29 bits per heavy atom. The first kappa shape index (κ1) is 20.5. The summed E-state index contributed by atoms with van der Waals surface area (Å²) in [5, 5.41) is 32.4. The van der Waals surface area contributed by atoms with Crippen LogP contribution in [0.1, 0.15) is 32.7 Å². The molecular formula is C20H19N3O5. The lowest BCUT2D eigenvalue weighted by atomic mass is 10.0. The predicted octanol–water partition coefficient (Wildman–Crippen LogP) is 1.46. The Kier molecular flexibility index (Phi) is 7.11. The van der Waals surface area contributed by atoms with Crippen LogP contribution in [0.15, 0.2) is 48.5 Å². The van der Waals surface area contributed by atoms with Gasteiger partial charge in [-0.05, 0) is 29.8 Å². The highest BCUT2D eigenvalue weighted by Crippen LogP contribution is 2.13. The smallest absolute Gasteiger partial charge is 0.336 e. The minimum atomic E-state index is -1.25. The van der Waals surface area contributed by atoms with Crippen molar-refractivity contribution in [3.05, 3.63) is 65.2 Å². The van der Waals surface area contributed by atoms with Crippen LogP contribution in [0.2, 0.25) is 0 Å². The summed E-state index contributed by atoms with van der Waals surface area (Å²) in [6.45, 7) is 0.128. The predicted molar refractivity (Wildman–Crippen MR) is 99.7 cm³/mol. The highest BCUT2D eigenvalue weighted by molar-refractivity contribution is 6.06. The lowest BCUT2D eigenvalue weighted by Crippen LogP contribution is -2.48. The third kappa shape index (κ3) is 5.57. The van der Waals surface area contributed by atoms with Gasteiger partial charge in [0, 0.05) is 13.0 Å². The quantitative estimate of drug-likeness (QED) is 0.511. The molecule has 0 aliphatic rings. The molecule has 28 heavy (non-hydrogen) atoms. The van der Waals surface area contributed by atoms with E-state index in [0.717, 1.165) is 0 Å². The number of carboxylic acid groups (broad SMARTS) is 1. The third-order valence-corrected chi connectivity index (χ3v) is 3.94. The summed E-state index contributed by atoms with van der Waals surface area (Å²) >= 11 is 0. The number of aromatic hydroxyl groups is 1. The minimum absolute atomic E-state index is 0.0597. The molecule has 0 spiro atoms. The van der Waals surface area contributed by atoms with Crippen molar-refractivity contribution in [2.75, 3.05) is 6.54 Å². The molecule has 4 N–H and O–H groups in total. The molecular weight excluding hydrogens is 362 g/mol. The van der Waals surface area contributed by atoms with E-state index in [9.17, 15) is 24.6 Å². The van der Waals surface area contributed by atoms with Crippen LogP contribution in [-0.2, 0) is 11.2 Å². The number of amides is 2. The number of carbonyl (C=O) groups excluding carboxylic acids is 2. The number of phenols is 1. The Morgan fingerprint density at radius 1 is 1.04 bits per heavy atom. The first-order chi connectivity index (χ1) is 13.4. The van der Waals surface area contributed by atoms with Gasteiger partial charge in [-0.1, -0.05) is 24.3 Å². The third-order valence-electron chi connectivity index (χ3n) is 3.94. The van der Waals surface area contributed by atoms with Gasteiger partial charge in [0.15, 0.2) is 0 Å². The number of hydrogen-bond acceptors (Lipinski definition) is 5. The van der Waals surface area contributed by atoms with E-state index in [-0.39, 0.29) is 36.3 Å². The Bertz CT molecular complexity index is 903. The second-order valence-electron chi connectivity index (χ2n) is 5.95. The molecule has 1 unspecified atom stereocenters. The van der Waals surface area contributed by atoms with Crippen LogP contribution in [-0.4, -0.2) is 40.6 Å². The fourth-order valence-electron chi connectivity index (χ4n) is 2.55. The van der Waals surface area contributed by atoms with Crippen molar-refractivity contribution in [3.63, 3.8) is 0 Å². The lowest BCUT2D eigenvalue weighted by molar-refractivity contribution is -0.122. The van der Waals surface area contributed by atoms with Crippen molar-refractivity contribution in [1.29, 1.82) is 5.26 Å². The monoisotopic (exact) mass is 381 g/mol. The molecule has 0 saturated carbocycles. The number of aromatic carboxylic acids is 1. The Morgan fingerprint density at radius 2 is 1.68 bits per heavy atom. The first-order valence-electron chi connectivity index (χ1n) is 8.48.